The van der Waals surface area contributed by atoms with Crippen LogP contribution in [0.2, 0.25) is 5.02 Å². The topological polar surface area (TPSA) is 60.4 Å². The third-order valence-electron chi connectivity index (χ3n) is 6.38. The van der Waals surface area contributed by atoms with Crippen LogP contribution in [0.25, 0.3) is 0 Å². The molecule has 0 aliphatic carbocycles. The average molecular weight is 695 g/mol. The van der Waals surface area contributed by atoms with Crippen molar-refractivity contribution < 1.29 is 38.8 Å². The summed E-state index contributed by atoms with van der Waals surface area (Å²) in [6.07, 6.45) is 0. The predicted molar refractivity (Wildman–Crippen MR) is 163 cm³/mol. The van der Waals surface area contributed by atoms with Gasteiger partial charge in [0.05, 0.1) is 5.02 Å². The first kappa shape index (κ1) is 32.7. The molecule has 0 saturated carbocycles. The van der Waals surface area contributed by atoms with Gasteiger partial charge >= 0.3 is 15.6 Å². The number of hydrogen-bond acceptors (Lipinski definition) is 5. The molecule has 5 rings (SSSR count). The van der Waals surface area contributed by atoms with E-state index in [1.54, 1.807) is 42.5 Å². The number of halogens is 6. The minimum atomic E-state index is -6.22. The molecule has 0 aliphatic heterocycles. The minimum absolute atomic E-state index is 0.00722. The number of benzene rings is 5. The quantitative estimate of drug-likeness (QED) is 0.0873. The summed E-state index contributed by atoms with van der Waals surface area (Å²) in [5, 5.41) is 0.281. The first-order valence-electron chi connectivity index (χ1n) is 12.8. The minimum Gasteiger partial charge on any atom is -0.289 e. The monoisotopic (exact) mass is 694 g/mol. The second-order valence-electron chi connectivity index (χ2n) is 9.35. The molecule has 0 aromatic heterocycles. The van der Waals surface area contributed by atoms with Gasteiger partial charge in [-0.1, -0.05) is 53.7 Å². The van der Waals surface area contributed by atoms with E-state index in [2.05, 4.69) is 0 Å². The van der Waals surface area contributed by atoms with Gasteiger partial charge in [-0.3, -0.25) is 4.79 Å². The number of rotatable bonds is 9. The van der Waals surface area contributed by atoms with Crippen molar-refractivity contribution in [2.75, 3.05) is 0 Å². The lowest BCUT2D eigenvalue weighted by Crippen LogP contribution is -2.27. The summed E-state index contributed by atoms with van der Waals surface area (Å²) in [6.45, 7) is 0. The van der Waals surface area contributed by atoms with Gasteiger partial charge in [0.2, 0.25) is 0 Å². The molecule has 0 heterocycles. The Morgan fingerprint density at radius 3 is 1.62 bits per heavy atom. The molecule has 0 radical (unpaired) electrons. The predicted octanol–water partition coefficient (Wildman–Crippen LogP) is 10.1. The molecule has 5 aromatic carbocycles. The van der Waals surface area contributed by atoms with Crippen molar-refractivity contribution in [1.82, 2.24) is 0 Å². The molecular formula is C32H20ClF5O4S3. The van der Waals surface area contributed by atoms with E-state index in [4.69, 9.17) is 15.2 Å². The Hall–Kier alpha value is -3.68. The van der Waals surface area contributed by atoms with Gasteiger partial charge in [-0.25, -0.2) is 8.78 Å². The maximum atomic E-state index is 13.9. The Morgan fingerprint density at radius 2 is 1.16 bits per heavy atom. The van der Waals surface area contributed by atoms with E-state index in [-0.39, 0.29) is 25.5 Å². The summed E-state index contributed by atoms with van der Waals surface area (Å²) in [6, 6.07) is 27.6. The van der Waals surface area contributed by atoms with E-state index in [1.807, 2.05) is 0 Å². The SMILES string of the molecule is O=C(c1ccccc1)c1ccc(Sc2ccc(S(OS(=O)(=O)C(F)(F)F)(c3ccc(F)cc3)c3ccc(F)cc3)cc2)c(Cl)c1. The number of alkyl halides is 3. The molecular weight excluding hydrogens is 675 g/mol. The smallest absolute Gasteiger partial charge is 0.289 e. The molecule has 0 unspecified atom stereocenters. The maximum absolute atomic E-state index is 13.9. The molecule has 0 saturated heterocycles. The van der Waals surface area contributed by atoms with Crippen LogP contribution < -0.4 is 0 Å². The van der Waals surface area contributed by atoms with E-state index in [9.17, 15) is 35.2 Å². The van der Waals surface area contributed by atoms with Gasteiger partial charge in [0.1, 0.15) is 11.6 Å². The summed E-state index contributed by atoms with van der Waals surface area (Å²) < 4.78 is 99.0. The molecule has 0 N–H and O–H groups in total. The van der Waals surface area contributed by atoms with Crippen molar-refractivity contribution in [3.05, 3.63) is 149 Å². The van der Waals surface area contributed by atoms with Crippen molar-refractivity contribution in [3.63, 3.8) is 0 Å². The van der Waals surface area contributed by atoms with Gasteiger partial charge in [-0.15, -0.1) is 0 Å². The molecule has 0 spiro atoms. The molecule has 0 amide bonds. The zero-order valence-corrected chi connectivity index (χ0v) is 25.9. The second-order valence-corrected chi connectivity index (χ2v) is 15.3. The lowest BCUT2D eigenvalue weighted by atomic mass is 10.0. The summed E-state index contributed by atoms with van der Waals surface area (Å²) in [7, 11) is -9.98. The van der Waals surface area contributed by atoms with Gasteiger partial charge in [0.15, 0.2) is 5.78 Å². The van der Waals surface area contributed by atoms with E-state index in [0.29, 0.717) is 20.9 Å². The Bertz CT molecular complexity index is 1890. The van der Waals surface area contributed by atoms with Crippen LogP contribution in [0.15, 0.2) is 146 Å². The van der Waals surface area contributed by atoms with E-state index >= 15 is 0 Å². The molecule has 4 nitrogen and oxygen atoms in total. The lowest BCUT2D eigenvalue weighted by Gasteiger charge is -2.39. The highest BCUT2D eigenvalue weighted by molar-refractivity contribution is 8.33. The van der Waals surface area contributed by atoms with Crippen molar-refractivity contribution in [1.29, 1.82) is 0 Å². The number of carbonyl (C=O) groups excluding carboxylic acids is 1. The normalized spacial score (nSPS) is 12.6. The summed E-state index contributed by atoms with van der Waals surface area (Å²) in [5.74, 6) is -1.65. The standard InChI is InChI=1S/C32H20ClF5O4S3/c33-29-20-22(31(39)21-4-2-1-3-5-21)6-19-30(29)43-25-11-17-28(18-12-25)44(26-13-7-23(34)8-14-26,27-15-9-24(35)10-16-27)42-45(40,41)32(36,37)38/h1-20H. The molecule has 0 aliphatic rings. The van der Waals surface area contributed by atoms with Crippen molar-refractivity contribution in [3.8, 4) is 0 Å². The number of ketones is 1. The Labute approximate surface area is 266 Å². The molecule has 0 bridgehead atoms. The zero-order valence-electron chi connectivity index (χ0n) is 22.7. The summed E-state index contributed by atoms with van der Waals surface area (Å²) in [4.78, 5) is 13.8. The fraction of sp³-hybridized carbons (Fsp3) is 0.0312. The van der Waals surface area contributed by atoms with Gasteiger partial charge in [-0.05, 0) is 101 Å². The average Bonchev–Trinajstić information content (AvgIpc) is 3.01. The van der Waals surface area contributed by atoms with Crippen LogP contribution >= 0.6 is 33.7 Å². The zero-order chi connectivity index (χ0) is 32.4. The van der Waals surface area contributed by atoms with Crippen LogP contribution in [0.1, 0.15) is 15.9 Å². The van der Waals surface area contributed by atoms with Crippen LogP contribution in [0, 0.1) is 11.6 Å². The second kappa shape index (κ2) is 13.0. The highest BCUT2D eigenvalue weighted by atomic mass is 35.5. The fourth-order valence-corrected chi connectivity index (χ4v) is 10.1. The van der Waals surface area contributed by atoms with Gasteiger partial charge in [-0.2, -0.15) is 25.2 Å². The Morgan fingerprint density at radius 1 is 0.667 bits per heavy atom. The van der Waals surface area contributed by atoms with Crippen LogP contribution in [0.4, 0.5) is 22.0 Å². The van der Waals surface area contributed by atoms with E-state index < -0.39 is 37.6 Å². The van der Waals surface area contributed by atoms with Crippen LogP contribution in [-0.2, 0) is 13.7 Å². The maximum Gasteiger partial charge on any atom is 0.524 e. The third kappa shape index (κ3) is 6.95. The van der Waals surface area contributed by atoms with Gasteiger partial charge < -0.3 is 0 Å². The molecule has 5 aromatic rings. The lowest BCUT2D eigenvalue weighted by molar-refractivity contribution is -0.0496. The van der Waals surface area contributed by atoms with Gasteiger partial charge in [0.25, 0.3) is 0 Å². The van der Waals surface area contributed by atoms with Crippen molar-refractivity contribution in [2.45, 2.75) is 30.0 Å². The van der Waals surface area contributed by atoms with Crippen molar-refractivity contribution in [2.24, 2.45) is 0 Å². The summed E-state index contributed by atoms with van der Waals surface area (Å²) >= 11 is 7.68. The largest absolute Gasteiger partial charge is 0.524 e. The fourth-order valence-electron chi connectivity index (χ4n) is 4.26. The first-order valence-corrected chi connectivity index (χ1v) is 17.0. The van der Waals surface area contributed by atoms with E-state index in [1.165, 1.54) is 42.1 Å². The first-order chi connectivity index (χ1) is 21.3. The number of carbonyl (C=O) groups is 1. The Kier molecular flexibility index (Phi) is 9.43. The van der Waals surface area contributed by atoms with Gasteiger partial charge in [0, 0.05) is 35.6 Å². The van der Waals surface area contributed by atoms with Crippen molar-refractivity contribution >= 4 is 49.6 Å². The van der Waals surface area contributed by atoms with Crippen LogP contribution in [0.5, 0.6) is 0 Å². The molecule has 0 atom stereocenters. The molecule has 45 heavy (non-hydrogen) atoms. The molecule has 13 heteroatoms. The highest BCUT2D eigenvalue weighted by Crippen LogP contribution is 2.70. The molecule has 0 fully saturated rings. The summed E-state index contributed by atoms with van der Waals surface area (Å²) in [5.41, 5.74) is -4.92. The van der Waals surface area contributed by atoms with E-state index in [0.717, 1.165) is 48.5 Å². The highest BCUT2D eigenvalue weighted by Gasteiger charge is 2.52. The third-order valence-corrected chi connectivity index (χ3v) is 12.8. The number of hydrogen-bond donors (Lipinski definition) is 0. The Balaban J connectivity index is 1.56. The van der Waals surface area contributed by atoms with Crippen LogP contribution in [-0.4, -0.2) is 19.7 Å². The van der Waals surface area contributed by atoms with Crippen LogP contribution in [0.3, 0.4) is 0 Å². The molecule has 232 valence electrons.